The maximum atomic E-state index is 14.3. The monoisotopic (exact) mass is 424 g/mol. The van der Waals surface area contributed by atoms with E-state index in [1.165, 1.54) is 18.2 Å². The van der Waals surface area contributed by atoms with Gasteiger partial charge in [-0.2, -0.15) is 21.0 Å². The van der Waals surface area contributed by atoms with Crippen molar-refractivity contribution in [2.24, 2.45) is 0 Å². The summed E-state index contributed by atoms with van der Waals surface area (Å²) < 4.78 is 14.3. The van der Waals surface area contributed by atoms with E-state index in [0.29, 0.717) is 39.2 Å². The summed E-state index contributed by atoms with van der Waals surface area (Å²) in [7, 11) is 0. The zero-order valence-corrected chi connectivity index (χ0v) is 16.8. The number of nitrogens with zero attached hydrogens (tertiary/aromatic N) is 6. The minimum Gasteiger partial charge on any atom is -0.254 e. The van der Waals surface area contributed by atoms with Crippen molar-refractivity contribution >= 4 is 16.7 Å². The van der Waals surface area contributed by atoms with Crippen LogP contribution < -0.4 is 0 Å². The van der Waals surface area contributed by atoms with Crippen molar-refractivity contribution < 1.29 is 4.39 Å². The summed E-state index contributed by atoms with van der Waals surface area (Å²) >= 11 is 0. The second-order valence-electron chi connectivity index (χ2n) is 7.19. The van der Waals surface area contributed by atoms with Crippen LogP contribution in [-0.4, -0.2) is 9.97 Å². The first-order chi connectivity index (χ1) is 16.1. The molecule has 0 radical (unpaired) electrons. The quantitative estimate of drug-likeness (QED) is 0.377. The third kappa shape index (κ3) is 2.68. The van der Waals surface area contributed by atoms with E-state index in [4.69, 9.17) is 0 Å². The lowest BCUT2D eigenvalue weighted by Gasteiger charge is -2.12. The van der Waals surface area contributed by atoms with Gasteiger partial charge in [-0.25, -0.2) is 4.39 Å². The second-order valence-corrected chi connectivity index (χ2v) is 7.19. The van der Waals surface area contributed by atoms with Gasteiger partial charge in [-0.15, -0.1) is 0 Å². The molecule has 2 aliphatic rings. The number of benzene rings is 1. The van der Waals surface area contributed by atoms with Gasteiger partial charge >= 0.3 is 0 Å². The van der Waals surface area contributed by atoms with Gasteiger partial charge in [0.1, 0.15) is 41.2 Å². The lowest BCUT2D eigenvalue weighted by Crippen LogP contribution is -1.96. The summed E-state index contributed by atoms with van der Waals surface area (Å²) in [6.45, 7) is 0. The van der Waals surface area contributed by atoms with E-state index in [0.717, 1.165) is 0 Å². The molecule has 2 aromatic heterocycles. The lowest BCUT2D eigenvalue weighted by molar-refractivity contribution is 0.627. The molecule has 0 bridgehead atoms. The number of fused-ring (bicyclic) bond motifs is 4. The Morgan fingerprint density at radius 2 is 1.15 bits per heavy atom. The summed E-state index contributed by atoms with van der Waals surface area (Å²) in [5, 5.41) is 39.0. The molecule has 0 saturated carbocycles. The Morgan fingerprint density at radius 1 is 0.636 bits per heavy atom. The third-order valence-corrected chi connectivity index (χ3v) is 5.60. The summed E-state index contributed by atoms with van der Waals surface area (Å²) in [4.78, 5) is 8.91. The van der Waals surface area contributed by atoms with Gasteiger partial charge in [-0.05, 0) is 35.4 Å². The van der Waals surface area contributed by atoms with Crippen molar-refractivity contribution in [3.05, 3.63) is 99.6 Å². The summed E-state index contributed by atoms with van der Waals surface area (Å²) in [6.07, 6.45) is 3.26. The predicted octanol–water partition coefficient (Wildman–Crippen LogP) is 4.71. The zero-order valence-electron chi connectivity index (χ0n) is 16.8. The molecule has 5 rings (SSSR count). The van der Waals surface area contributed by atoms with E-state index in [-0.39, 0.29) is 27.9 Å². The molecule has 1 aromatic carbocycles. The molecule has 0 N–H and O–H groups in total. The van der Waals surface area contributed by atoms with E-state index in [2.05, 4.69) is 9.97 Å². The van der Waals surface area contributed by atoms with E-state index in [1.807, 2.05) is 36.4 Å². The second kappa shape index (κ2) is 7.40. The number of hydrogen-bond donors (Lipinski definition) is 0. The average Bonchev–Trinajstić information content (AvgIpc) is 3.34. The fourth-order valence-electron chi connectivity index (χ4n) is 4.38. The van der Waals surface area contributed by atoms with Crippen LogP contribution in [0.3, 0.4) is 0 Å². The Bertz CT molecular complexity index is 1580. The molecule has 0 aliphatic heterocycles. The number of rotatable bonds is 0. The molecular weight excluding hydrogens is 415 g/mol. The molecular formula is C26H9FN6. The molecule has 3 aromatic rings. The highest BCUT2D eigenvalue weighted by atomic mass is 19.1. The maximum absolute atomic E-state index is 14.3. The molecule has 0 spiro atoms. The Hall–Kier alpha value is -5.37. The minimum absolute atomic E-state index is 0.175. The Labute approximate surface area is 187 Å². The molecule has 150 valence electrons. The van der Waals surface area contributed by atoms with Crippen LogP contribution in [0.2, 0.25) is 0 Å². The zero-order chi connectivity index (χ0) is 23.1. The van der Waals surface area contributed by atoms with Crippen LogP contribution in [0, 0.1) is 51.1 Å². The number of nitriles is 4. The third-order valence-electron chi connectivity index (χ3n) is 5.60. The van der Waals surface area contributed by atoms with Crippen LogP contribution in [0.4, 0.5) is 4.39 Å². The number of hydrogen-bond acceptors (Lipinski definition) is 6. The fourth-order valence-corrected chi connectivity index (χ4v) is 4.38. The Morgan fingerprint density at radius 3 is 1.67 bits per heavy atom. The fraction of sp³-hybridized carbons (Fsp3) is 0. The van der Waals surface area contributed by atoms with Crippen molar-refractivity contribution in [2.75, 3.05) is 0 Å². The van der Waals surface area contributed by atoms with Crippen molar-refractivity contribution in [3.8, 4) is 35.7 Å². The van der Waals surface area contributed by atoms with Gasteiger partial charge in [-0.1, -0.05) is 18.2 Å². The highest BCUT2D eigenvalue weighted by Gasteiger charge is 2.38. The van der Waals surface area contributed by atoms with Crippen molar-refractivity contribution in [3.63, 3.8) is 0 Å². The van der Waals surface area contributed by atoms with Crippen LogP contribution in [0.25, 0.3) is 28.1 Å². The molecule has 33 heavy (non-hydrogen) atoms. The first kappa shape index (κ1) is 19.6. The van der Waals surface area contributed by atoms with Crippen molar-refractivity contribution in [2.45, 2.75) is 0 Å². The molecule has 0 atom stereocenters. The van der Waals surface area contributed by atoms with Crippen LogP contribution in [0.1, 0.15) is 22.3 Å². The van der Waals surface area contributed by atoms with E-state index < -0.39 is 5.82 Å². The number of halogens is 1. The van der Waals surface area contributed by atoms with Crippen LogP contribution in [-0.2, 0) is 0 Å². The van der Waals surface area contributed by atoms with Gasteiger partial charge < -0.3 is 0 Å². The van der Waals surface area contributed by atoms with Crippen LogP contribution in [0.15, 0.2) is 71.6 Å². The van der Waals surface area contributed by atoms with Crippen molar-refractivity contribution in [1.82, 2.24) is 9.97 Å². The molecule has 6 nitrogen and oxygen atoms in total. The molecule has 0 fully saturated rings. The van der Waals surface area contributed by atoms with Gasteiger partial charge in [0, 0.05) is 45.8 Å². The predicted molar refractivity (Wildman–Crippen MR) is 116 cm³/mol. The molecule has 2 aliphatic carbocycles. The molecule has 0 saturated heterocycles. The smallest absolute Gasteiger partial charge is 0.138 e. The van der Waals surface area contributed by atoms with Gasteiger partial charge in [-0.3, -0.25) is 9.97 Å². The molecule has 2 heterocycles. The van der Waals surface area contributed by atoms with Gasteiger partial charge in [0.25, 0.3) is 0 Å². The summed E-state index contributed by atoms with van der Waals surface area (Å²) in [5.74, 6) is -0.571. The first-order valence-electron chi connectivity index (χ1n) is 9.70. The van der Waals surface area contributed by atoms with E-state index >= 15 is 0 Å². The largest absolute Gasteiger partial charge is 0.254 e. The topological polar surface area (TPSA) is 121 Å². The van der Waals surface area contributed by atoms with E-state index in [1.54, 1.807) is 24.5 Å². The minimum atomic E-state index is -0.571. The maximum Gasteiger partial charge on any atom is 0.138 e. The SMILES string of the molecule is N#CC(C#N)=C1C(=C2c3cccnc3-c3ncccc32)C(=C(C#N)C#N)c2cc(F)ccc21. The first-order valence-corrected chi connectivity index (χ1v) is 9.70. The number of pyridine rings is 2. The Kier molecular flexibility index (Phi) is 4.39. The van der Waals surface area contributed by atoms with Crippen LogP contribution >= 0.6 is 0 Å². The summed E-state index contributed by atoms with van der Waals surface area (Å²) in [5.41, 5.74) is 4.10. The highest BCUT2D eigenvalue weighted by Crippen LogP contribution is 2.55. The summed E-state index contributed by atoms with van der Waals surface area (Å²) in [6, 6.07) is 18.6. The molecule has 7 heteroatoms. The van der Waals surface area contributed by atoms with Gasteiger partial charge in [0.05, 0.1) is 11.4 Å². The molecule has 0 amide bonds. The van der Waals surface area contributed by atoms with Gasteiger partial charge in [0.15, 0.2) is 0 Å². The average molecular weight is 424 g/mol. The normalized spacial score (nSPS) is 12.6. The standard InChI is InChI=1S/C26H9FN6/c27-16-5-6-17-20(9-16)22(15(12-30)13-31)24(21(17)14(10-28)11-29)23-18-3-1-7-32-25(18)26-19(23)4-2-8-33-26/h1-9H. The van der Waals surface area contributed by atoms with Gasteiger partial charge in [0.2, 0.25) is 0 Å². The number of allylic oxidation sites excluding steroid dienone is 5. The Balaban J connectivity index is 2.09. The highest BCUT2D eigenvalue weighted by molar-refractivity contribution is 6.20. The van der Waals surface area contributed by atoms with Crippen molar-refractivity contribution in [1.29, 1.82) is 21.0 Å². The number of aromatic nitrogens is 2. The molecule has 0 unspecified atom stereocenters. The van der Waals surface area contributed by atoms with E-state index in [9.17, 15) is 25.4 Å². The van der Waals surface area contributed by atoms with Crippen LogP contribution in [0.5, 0.6) is 0 Å². The lowest BCUT2D eigenvalue weighted by atomic mass is 9.88.